The van der Waals surface area contributed by atoms with Crippen LogP contribution in [0.5, 0.6) is 0 Å². The van der Waals surface area contributed by atoms with E-state index in [1.165, 1.54) is 22.4 Å². The number of nitrogens with one attached hydrogen (secondary N) is 1. The summed E-state index contributed by atoms with van der Waals surface area (Å²) in [4.78, 5) is 16.6. The molecule has 2 heterocycles. The topological polar surface area (TPSA) is 70.8 Å². The number of piperazine rings is 1. The van der Waals surface area contributed by atoms with E-state index in [1.54, 1.807) is 6.20 Å². The maximum Gasteiger partial charge on any atom is 0.409 e. The van der Waals surface area contributed by atoms with Crippen LogP contribution in [0.25, 0.3) is 5.70 Å². The summed E-state index contributed by atoms with van der Waals surface area (Å²) >= 11 is 6.54. The Hall–Kier alpha value is -2.44. The second kappa shape index (κ2) is 11.8. The summed E-state index contributed by atoms with van der Waals surface area (Å²) in [7, 11) is 0. The average molecular weight is 485 g/mol. The first-order valence-corrected chi connectivity index (χ1v) is 12.9. The van der Waals surface area contributed by atoms with Gasteiger partial charge in [-0.25, -0.2) is 4.79 Å². The predicted molar refractivity (Wildman–Crippen MR) is 139 cm³/mol. The maximum atomic E-state index is 12.2. The Kier molecular flexibility index (Phi) is 8.57. The zero-order valence-electron chi connectivity index (χ0n) is 20.1. The molecule has 0 bridgehead atoms. The van der Waals surface area contributed by atoms with E-state index >= 15 is 0 Å². The lowest BCUT2D eigenvalue weighted by molar-refractivity contribution is 0.0886. The largest absolute Gasteiger partial charge is 0.450 e. The van der Waals surface area contributed by atoms with E-state index in [0.29, 0.717) is 18.4 Å². The third kappa shape index (κ3) is 5.78. The van der Waals surface area contributed by atoms with Crippen molar-refractivity contribution in [2.75, 3.05) is 45.9 Å². The van der Waals surface area contributed by atoms with Crippen molar-refractivity contribution >= 4 is 23.4 Å². The van der Waals surface area contributed by atoms with Crippen molar-refractivity contribution in [3.8, 4) is 0 Å². The summed E-state index contributed by atoms with van der Waals surface area (Å²) in [5.74, 6) is 0.846. The van der Waals surface area contributed by atoms with Gasteiger partial charge in [-0.2, -0.15) is 0 Å². The number of allylic oxidation sites excluding steroid dienone is 4. The number of piperidine rings is 1. The minimum atomic E-state index is -0.191. The molecule has 1 atom stereocenters. The van der Waals surface area contributed by atoms with Gasteiger partial charge in [-0.3, -0.25) is 0 Å². The van der Waals surface area contributed by atoms with E-state index in [2.05, 4.69) is 34.5 Å². The summed E-state index contributed by atoms with van der Waals surface area (Å²) in [5, 5.41) is 4.24. The molecule has 1 aliphatic carbocycles. The SMILES string of the molecule is CCOC(=O)N1CCC(C2C/C(=C\C=C/N)C/C=C(/N3CCNCC3)c3cc(Cl)ccc32)CC1. The molecule has 2 saturated heterocycles. The van der Waals surface area contributed by atoms with Crippen molar-refractivity contribution in [3.63, 3.8) is 0 Å². The number of carbonyl (C=O) groups is 1. The molecule has 3 aliphatic rings. The number of fused-ring (bicyclic) bond motifs is 1. The van der Waals surface area contributed by atoms with Gasteiger partial charge in [0.2, 0.25) is 0 Å². The van der Waals surface area contributed by atoms with Crippen LogP contribution in [0.2, 0.25) is 5.02 Å². The van der Waals surface area contributed by atoms with E-state index < -0.39 is 0 Å². The predicted octanol–water partition coefficient (Wildman–Crippen LogP) is 4.73. The highest BCUT2D eigenvalue weighted by Gasteiger charge is 2.33. The molecule has 0 spiro atoms. The smallest absolute Gasteiger partial charge is 0.409 e. The third-order valence-corrected chi connectivity index (χ3v) is 7.50. The van der Waals surface area contributed by atoms with Crippen molar-refractivity contribution in [2.24, 2.45) is 11.7 Å². The maximum absolute atomic E-state index is 12.2. The molecular formula is C27H37ClN4O2. The number of nitrogens with zero attached hydrogens (tertiary/aromatic N) is 2. The Labute approximate surface area is 208 Å². The van der Waals surface area contributed by atoms with Crippen LogP contribution in [-0.2, 0) is 4.74 Å². The first-order valence-electron chi connectivity index (χ1n) is 12.5. The van der Waals surface area contributed by atoms with Crippen LogP contribution in [0.1, 0.15) is 49.7 Å². The molecule has 0 radical (unpaired) electrons. The first-order chi connectivity index (χ1) is 16.6. The molecule has 1 unspecified atom stereocenters. The fourth-order valence-corrected chi connectivity index (χ4v) is 5.71. The highest BCUT2D eigenvalue weighted by molar-refractivity contribution is 6.30. The van der Waals surface area contributed by atoms with Crippen LogP contribution in [0.4, 0.5) is 4.79 Å². The van der Waals surface area contributed by atoms with E-state index in [9.17, 15) is 4.79 Å². The number of halogens is 1. The number of rotatable bonds is 4. The van der Waals surface area contributed by atoms with Crippen LogP contribution in [0.3, 0.4) is 0 Å². The summed E-state index contributed by atoms with van der Waals surface area (Å²) < 4.78 is 5.24. The minimum Gasteiger partial charge on any atom is -0.450 e. The van der Waals surface area contributed by atoms with Gasteiger partial charge in [-0.15, -0.1) is 0 Å². The van der Waals surface area contributed by atoms with Gasteiger partial charge in [0.25, 0.3) is 0 Å². The van der Waals surface area contributed by atoms with Gasteiger partial charge in [0, 0.05) is 55.6 Å². The van der Waals surface area contributed by atoms with Crippen molar-refractivity contribution in [1.82, 2.24) is 15.1 Å². The first kappa shape index (κ1) is 24.7. The molecule has 6 nitrogen and oxygen atoms in total. The van der Waals surface area contributed by atoms with Crippen molar-refractivity contribution in [3.05, 3.63) is 64.3 Å². The Balaban J connectivity index is 1.68. The Morgan fingerprint density at radius 2 is 2.00 bits per heavy atom. The molecule has 7 heteroatoms. The Morgan fingerprint density at radius 1 is 1.24 bits per heavy atom. The lowest BCUT2D eigenvalue weighted by atomic mass is 9.73. The normalized spacial score (nSPS) is 24.9. The number of ether oxygens (including phenoxy) is 1. The number of hydrogen-bond donors (Lipinski definition) is 2. The van der Waals surface area contributed by atoms with E-state index in [-0.39, 0.29) is 6.09 Å². The molecular weight excluding hydrogens is 448 g/mol. The molecule has 1 aromatic rings. The molecule has 184 valence electrons. The van der Waals surface area contributed by atoms with E-state index in [1.807, 2.05) is 24.0 Å². The molecule has 2 aliphatic heterocycles. The third-order valence-electron chi connectivity index (χ3n) is 7.27. The van der Waals surface area contributed by atoms with Gasteiger partial charge in [-0.1, -0.05) is 35.4 Å². The molecule has 0 aromatic heterocycles. The van der Waals surface area contributed by atoms with E-state index in [0.717, 1.165) is 70.0 Å². The molecule has 1 amide bonds. The Bertz CT molecular complexity index is 944. The van der Waals surface area contributed by atoms with Crippen LogP contribution in [0.15, 0.2) is 48.2 Å². The van der Waals surface area contributed by atoms with Gasteiger partial charge in [-0.05, 0) is 74.4 Å². The number of carbonyl (C=O) groups excluding carboxylic acids is 1. The molecule has 1 aromatic carbocycles. The number of likely N-dealkylation sites (tertiary alicyclic amines) is 1. The highest BCUT2D eigenvalue weighted by Crippen LogP contribution is 2.44. The van der Waals surface area contributed by atoms with Crippen LogP contribution in [0, 0.1) is 5.92 Å². The second-order valence-electron chi connectivity index (χ2n) is 9.31. The number of amides is 1. The quantitative estimate of drug-likeness (QED) is 0.646. The molecule has 34 heavy (non-hydrogen) atoms. The van der Waals surface area contributed by atoms with Crippen LogP contribution in [-0.4, -0.2) is 61.8 Å². The van der Waals surface area contributed by atoms with Gasteiger partial charge < -0.3 is 25.6 Å². The average Bonchev–Trinajstić information content (AvgIpc) is 2.85. The molecule has 0 saturated carbocycles. The van der Waals surface area contributed by atoms with Crippen molar-refractivity contribution < 1.29 is 9.53 Å². The summed E-state index contributed by atoms with van der Waals surface area (Å²) in [6.45, 7) is 7.71. The lowest BCUT2D eigenvalue weighted by Gasteiger charge is -2.39. The molecule has 4 rings (SSSR count). The zero-order chi connectivity index (χ0) is 23.9. The monoisotopic (exact) mass is 484 g/mol. The summed E-state index contributed by atoms with van der Waals surface area (Å²) in [6.07, 6.45) is 11.7. The van der Waals surface area contributed by atoms with Gasteiger partial charge in [0.05, 0.1) is 6.61 Å². The van der Waals surface area contributed by atoms with Gasteiger partial charge in [0.15, 0.2) is 0 Å². The van der Waals surface area contributed by atoms with Crippen molar-refractivity contribution in [2.45, 2.75) is 38.5 Å². The fraction of sp³-hybridized carbons (Fsp3) is 0.519. The minimum absolute atomic E-state index is 0.191. The van der Waals surface area contributed by atoms with Gasteiger partial charge >= 0.3 is 6.09 Å². The van der Waals surface area contributed by atoms with E-state index in [4.69, 9.17) is 22.1 Å². The fourth-order valence-electron chi connectivity index (χ4n) is 5.54. The summed E-state index contributed by atoms with van der Waals surface area (Å²) in [6, 6.07) is 6.42. The summed E-state index contributed by atoms with van der Waals surface area (Å²) in [5.41, 5.74) is 11.0. The molecule has 2 fully saturated rings. The van der Waals surface area contributed by atoms with Crippen LogP contribution >= 0.6 is 11.6 Å². The Morgan fingerprint density at radius 3 is 2.71 bits per heavy atom. The zero-order valence-corrected chi connectivity index (χ0v) is 20.9. The highest BCUT2D eigenvalue weighted by atomic mass is 35.5. The standard InChI is InChI=1S/C27H37ClN4O2/c1-2-34-27(33)32-14-9-21(10-15-32)24-18-20(4-3-11-29)5-8-26(31-16-12-30-13-17-31)25-19-22(28)6-7-23(24)25/h3-4,6-8,11,19,21,24,30H,2,5,9-10,12-18,29H2,1H3/b11-3-,20-4-,26-8+. The number of nitrogens with two attached hydrogens (primary N) is 1. The van der Waals surface area contributed by atoms with Crippen LogP contribution < -0.4 is 11.1 Å². The van der Waals surface area contributed by atoms with Gasteiger partial charge in [0.1, 0.15) is 0 Å². The number of benzene rings is 1. The molecule has 3 N–H and O–H groups in total. The lowest BCUT2D eigenvalue weighted by Crippen LogP contribution is -2.43. The second-order valence-corrected chi connectivity index (χ2v) is 9.74. The van der Waals surface area contributed by atoms with Crippen molar-refractivity contribution in [1.29, 1.82) is 0 Å². The number of hydrogen-bond acceptors (Lipinski definition) is 5.